The lowest BCUT2D eigenvalue weighted by molar-refractivity contribution is 0.0843. The minimum Gasteiger partial charge on any atom is -0.361 e. The van der Waals surface area contributed by atoms with E-state index >= 15 is 0 Å². The van der Waals surface area contributed by atoms with Crippen LogP contribution in [0, 0.1) is 19.8 Å². The number of piperazine rings is 1. The predicted octanol–water partition coefficient (Wildman–Crippen LogP) is 2.67. The van der Waals surface area contributed by atoms with Crippen LogP contribution in [0.4, 0.5) is 0 Å². The molecular weight excluding hydrogens is 238 g/mol. The van der Waals surface area contributed by atoms with Gasteiger partial charge in [-0.05, 0) is 33.6 Å². The van der Waals surface area contributed by atoms with Crippen molar-refractivity contribution in [2.24, 2.45) is 5.92 Å². The molecule has 0 saturated carbocycles. The van der Waals surface area contributed by atoms with Gasteiger partial charge in [0, 0.05) is 36.8 Å². The van der Waals surface area contributed by atoms with Crippen LogP contribution in [0.25, 0.3) is 0 Å². The van der Waals surface area contributed by atoms with Crippen LogP contribution in [0.15, 0.2) is 4.52 Å². The van der Waals surface area contributed by atoms with Crippen molar-refractivity contribution in [1.29, 1.82) is 0 Å². The van der Waals surface area contributed by atoms with Gasteiger partial charge in [-0.15, -0.1) is 0 Å². The Labute approximate surface area is 116 Å². The van der Waals surface area contributed by atoms with Crippen molar-refractivity contribution in [1.82, 2.24) is 15.4 Å². The fourth-order valence-corrected chi connectivity index (χ4v) is 3.15. The van der Waals surface area contributed by atoms with Crippen LogP contribution >= 0.6 is 0 Å². The summed E-state index contributed by atoms with van der Waals surface area (Å²) in [6.07, 6.45) is 0. The van der Waals surface area contributed by atoms with Gasteiger partial charge in [0.05, 0.1) is 5.69 Å². The topological polar surface area (TPSA) is 41.3 Å². The molecule has 3 atom stereocenters. The molecule has 1 aromatic heterocycles. The molecule has 3 unspecified atom stereocenters. The van der Waals surface area contributed by atoms with Crippen molar-refractivity contribution < 1.29 is 4.52 Å². The van der Waals surface area contributed by atoms with Crippen molar-refractivity contribution in [2.45, 2.75) is 59.7 Å². The predicted molar refractivity (Wildman–Crippen MR) is 77.2 cm³/mol. The van der Waals surface area contributed by atoms with E-state index < -0.39 is 0 Å². The van der Waals surface area contributed by atoms with Crippen molar-refractivity contribution in [3.63, 3.8) is 0 Å². The van der Waals surface area contributed by atoms with Gasteiger partial charge in [-0.1, -0.05) is 19.0 Å². The standard InChI is InChI=1S/C15H27N3O/c1-9(2)14-8-18(10(3)7-16-14)12(5)15-11(4)17-19-13(15)6/h9-10,12,14,16H,7-8H2,1-6H3. The quantitative estimate of drug-likeness (QED) is 0.912. The van der Waals surface area contributed by atoms with Gasteiger partial charge >= 0.3 is 0 Å². The second-order valence-corrected chi connectivity index (χ2v) is 6.22. The highest BCUT2D eigenvalue weighted by atomic mass is 16.5. The Morgan fingerprint density at radius 2 is 2.00 bits per heavy atom. The number of rotatable bonds is 3. The molecular formula is C15H27N3O. The third-order valence-corrected chi connectivity index (χ3v) is 4.46. The number of nitrogens with one attached hydrogen (secondary N) is 1. The van der Waals surface area contributed by atoms with Crippen molar-refractivity contribution in [3.05, 3.63) is 17.0 Å². The number of nitrogens with zero attached hydrogens (tertiary/aromatic N) is 2. The van der Waals surface area contributed by atoms with Crippen LogP contribution in [-0.2, 0) is 0 Å². The second kappa shape index (κ2) is 5.63. The Morgan fingerprint density at radius 3 is 2.53 bits per heavy atom. The van der Waals surface area contributed by atoms with Gasteiger partial charge in [0.15, 0.2) is 0 Å². The molecule has 1 aliphatic rings. The fraction of sp³-hybridized carbons (Fsp3) is 0.800. The first kappa shape index (κ1) is 14.5. The maximum Gasteiger partial charge on any atom is 0.138 e. The molecule has 0 aliphatic carbocycles. The van der Waals surface area contributed by atoms with E-state index in [1.54, 1.807) is 0 Å². The molecule has 2 rings (SSSR count). The molecule has 1 fully saturated rings. The van der Waals surface area contributed by atoms with E-state index in [0.29, 0.717) is 24.0 Å². The monoisotopic (exact) mass is 265 g/mol. The highest BCUT2D eigenvalue weighted by Gasteiger charge is 2.32. The first-order valence-electron chi connectivity index (χ1n) is 7.33. The molecule has 4 heteroatoms. The smallest absolute Gasteiger partial charge is 0.138 e. The second-order valence-electron chi connectivity index (χ2n) is 6.22. The average Bonchev–Trinajstić information content (AvgIpc) is 2.68. The van der Waals surface area contributed by atoms with Crippen LogP contribution in [0.5, 0.6) is 0 Å². The molecule has 1 saturated heterocycles. The largest absolute Gasteiger partial charge is 0.361 e. The Kier molecular flexibility index (Phi) is 4.31. The maximum atomic E-state index is 5.32. The van der Waals surface area contributed by atoms with Gasteiger partial charge in [-0.2, -0.15) is 0 Å². The summed E-state index contributed by atoms with van der Waals surface area (Å²) in [5.41, 5.74) is 2.29. The summed E-state index contributed by atoms with van der Waals surface area (Å²) in [4.78, 5) is 2.58. The van der Waals surface area contributed by atoms with Crippen molar-refractivity contribution in [3.8, 4) is 0 Å². The summed E-state index contributed by atoms with van der Waals surface area (Å²) < 4.78 is 5.32. The first-order chi connectivity index (χ1) is 8.91. The highest BCUT2D eigenvalue weighted by molar-refractivity contribution is 5.25. The van der Waals surface area contributed by atoms with Gasteiger partial charge in [-0.25, -0.2) is 0 Å². The zero-order chi connectivity index (χ0) is 14.2. The Balaban J connectivity index is 2.19. The van der Waals surface area contributed by atoms with E-state index in [9.17, 15) is 0 Å². The van der Waals surface area contributed by atoms with Gasteiger partial charge in [-0.3, -0.25) is 4.90 Å². The third kappa shape index (κ3) is 2.84. The summed E-state index contributed by atoms with van der Waals surface area (Å²) >= 11 is 0. The van der Waals surface area contributed by atoms with Crippen molar-refractivity contribution >= 4 is 0 Å². The molecule has 2 heterocycles. The van der Waals surface area contributed by atoms with Crippen LogP contribution in [-0.4, -0.2) is 35.2 Å². The Bertz CT molecular complexity index is 408. The van der Waals surface area contributed by atoms with Crippen LogP contribution in [0.2, 0.25) is 0 Å². The van der Waals surface area contributed by atoms with Crippen molar-refractivity contribution in [2.75, 3.05) is 13.1 Å². The van der Waals surface area contributed by atoms with Crippen LogP contribution in [0.3, 0.4) is 0 Å². The van der Waals surface area contributed by atoms with Gasteiger partial charge in [0.2, 0.25) is 0 Å². The molecule has 1 aliphatic heterocycles. The minimum atomic E-state index is 0.365. The minimum absolute atomic E-state index is 0.365. The maximum absolute atomic E-state index is 5.32. The first-order valence-corrected chi connectivity index (χ1v) is 7.33. The lowest BCUT2D eigenvalue weighted by Crippen LogP contribution is -2.57. The molecule has 4 nitrogen and oxygen atoms in total. The Hall–Kier alpha value is -0.870. The highest BCUT2D eigenvalue weighted by Crippen LogP contribution is 2.29. The molecule has 0 radical (unpaired) electrons. The van der Waals surface area contributed by atoms with Crippen LogP contribution < -0.4 is 5.32 Å². The average molecular weight is 265 g/mol. The van der Waals surface area contributed by atoms with Gasteiger partial charge < -0.3 is 9.84 Å². The molecule has 108 valence electrons. The summed E-state index contributed by atoms with van der Waals surface area (Å²) in [6, 6.07) is 1.47. The zero-order valence-electron chi connectivity index (χ0n) is 13.0. The fourth-order valence-electron chi connectivity index (χ4n) is 3.15. The van der Waals surface area contributed by atoms with E-state index in [2.05, 4.69) is 43.1 Å². The number of hydrogen-bond donors (Lipinski definition) is 1. The van der Waals surface area contributed by atoms with E-state index in [1.165, 1.54) is 5.56 Å². The van der Waals surface area contributed by atoms with Gasteiger partial charge in [0.1, 0.15) is 5.76 Å². The molecule has 1 aromatic rings. The third-order valence-electron chi connectivity index (χ3n) is 4.46. The summed E-state index contributed by atoms with van der Waals surface area (Å²) in [5.74, 6) is 1.61. The number of aromatic nitrogens is 1. The molecule has 1 N–H and O–H groups in total. The lowest BCUT2D eigenvalue weighted by Gasteiger charge is -2.43. The summed E-state index contributed by atoms with van der Waals surface area (Å²) in [5, 5.41) is 7.74. The van der Waals surface area contributed by atoms with E-state index in [4.69, 9.17) is 4.52 Å². The molecule has 0 amide bonds. The van der Waals surface area contributed by atoms with Crippen LogP contribution in [0.1, 0.15) is 50.8 Å². The van der Waals surface area contributed by atoms with E-state index in [-0.39, 0.29) is 0 Å². The number of hydrogen-bond acceptors (Lipinski definition) is 4. The van der Waals surface area contributed by atoms with E-state index in [1.807, 2.05) is 13.8 Å². The SMILES string of the molecule is Cc1noc(C)c1C(C)N1CC(C(C)C)NCC1C. The van der Waals surface area contributed by atoms with Gasteiger partial charge in [0.25, 0.3) is 0 Å². The van der Waals surface area contributed by atoms with E-state index in [0.717, 1.165) is 24.5 Å². The lowest BCUT2D eigenvalue weighted by atomic mass is 9.96. The molecule has 0 bridgehead atoms. The summed E-state index contributed by atoms with van der Waals surface area (Å²) in [6.45, 7) is 15.3. The normalized spacial score (nSPS) is 26.9. The molecule has 0 aromatic carbocycles. The molecule has 0 spiro atoms. The Morgan fingerprint density at radius 1 is 1.32 bits per heavy atom. The number of aryl methyl sites for hydroxylation is 2. The summed E-state index contributed by atoms with van der Waals surface area (Å²) in [7, 11) is 0. The zero-order valence-corrected chi connectivity index (χ0v) is 13.0. The molecule has 19 heavy (non-hydrogen) atoms.